The summed E-state index contributed by atoms with van der Waals surface area (Å²) in [5, 5.41) is 6.58. The largest absolute Gasteiger partial charge is 0.339 e. The van der Waals surface area contributed by atoms with Gasteiger partial charge in [-0.05, 0) is 48.0 Å². The number of anilines is 2. The van der Waals surface area contributed by atoms with Crippen molar-refractivity contribution < 1.29 is 17.7 Å². The minimum atomic E-state index is -3.85. The highest BCUT2D eigenvalue weighted by Crippen LogP contribution is 2.24. The second-order valence-electron chi connectivity index (χ2n) is 6.89. The fraction of sp³-hybridized carbons (Fsp3) is 0.0909. The minimum Gasteiger partial charge on any atom is -0.339 e. The number of amides is 1. The lowest BCUT2D eigenvalue weighted by Gasteiger charge is -2.12. The van der Waals surface area contributed by atoms with Crippen molar-refractivity contribution in [1.82, 2.24) is 15.1 Å². The molecule has 4 aromatic rings. The summed E-state index contributed by atoms with van der Waals surface area (Å²) >= 11 is 0. The van der Waals surface area contributed by atoms with Crippen LogP contribution in [-0.2, 0) is 21.2 Å². The molecule has 0 aliphatic heterocycles. The number of carbonyl (C=O) groups is 1. The fourth-order valence-corrected chi connectivity index (χ4v) is 4.11. The van der Waals surface area contributed by atoms with Crippen LogP contribution in [0.25, 0.3) is 11.4 Å². The predicted octanol–water partition coefficient (Wildman–Crippen LogP) is 3.48. The molecule has 0 fully saturated rings. The lowest BCUT2D eigenvalue weighted by atomic mass is 10.1. The normalized spacial score (nSPS) is 11.2. The van der Waals surface area contributed by atoms with Crippen LogP contribution in [0.3, 0.4) is 0 Å². The van der Waals surface area contributed by atoms with Gasteiger partial charge in [0.1, 0.15) is 0 Å². The number of hydrogen-bond acceptors (Lipinski definition) is 7. The van der Waals surface area contributed by atoms with Crippen LogP contribution < -0.4 is 10.0 Å². The van der Waals surface area contributed by atoms with Crippen molar-refractivity contribution in [3.63, 3.8) is 0 Å². The third kappa shape index (κ3) is 4.98. The third-order valence-corrected chi connectivity index (χ3v) is 5.88. The summed E-state index contributed by atoms with van der Waals surface area (Å²) in [4.78, 5) is 19.6. The molecule has 0 spiro atoms. The SMILES string of the molecule is CC(=O)Nc1ccc(S(=O)(=O)Nc2ccccc2Cc2nc(-c3ccncc3)no2)cc1. The van der Waals surface area contributed by atoms with Crippen LogP contribution in [0.1, 0.15) is 18.4 Å². The molecule has 0 bridgehead atoms. The molecule has 0 unspecified atom stereocenters. The topological polar surface area (TPSA) is 127 Å². The molecule has 0 atom stereocenters. The molecule has 2 N–H and O–H groups in total. The van der Waals surface area contributed by atoms with E-state index in [-0.39, 0.29) is 17.2 Å². The number of benzene rings is 2. The summed E-state index contributed by atoms with van der Waals surface area (Å²) in [5.41, 5.74) is 2.36. The van der Waals surface area contributed by atoms with E-state index < -0.39 is 10.0 Å². The molecule has 10 heteroatoms. The van der Waals surface area contributed by atoms with Crippen molar-refractivity contribution in [1.29, 1.82) is 0 Å². The van der Waals surface area contributed by atoms with Crippen molar-refractivity contribution in [2.75, 3.05) is 10.0 Å². The van der Waals surface area contributed by atoms with Crippen LogP contribution in [0.2, 0.25) is 0 Å². The first-order valence-electron chi connectivity index (χ1n) is 9.62. The summed E-state index contributed by atoms with van der Waals surface area (Å²) in [6.07, 6.45) is 3.52. The fourth-order valence-electron chi connectivity index (χ4n) is 3.01. The van der Waals surface area contributed by atoms with Crippen LogP contribution in [0.15, 0.2) is 82.5 Å². The van der Waals surface area contributed by atoms with Crippen LogP contribution in [-0.4, -0.2) is 29.4 Å². The van der Waals surface area contributed by atoms with E-state index in [2.05, 4.69) is 25.2 Å². The first-order valence-corrected chi connectivity index (χ1v) is 11.1. The Labute approximate surface area is 184 Å². The van der Waals surface area contributed by atoms with Gasteiger partial charge in [-0.25, -0.2) is 8.42 Å². The molecule has 0 saturated heterocycles. The summed E-state index contributed by atoms with van der Waals surface area (Å²) in [6.45, 7) is 1.38. The van der Waals surface area contributed by atoms with Gasteiger partial charge in [-0.15, -0.1) is 0 Å². The van der Waals surface area contributed by atoms with E-state index in [1.807, 2.05) is 0 Å². The number of aromatic nitrogens is 3. The molecule has 0 radical (unpaired) electrons. The Morgan fingerprint density at radius 1 is 1.00 bits per heavy atom. The minimum absolute atomic E-state index is 0.0687. The van der Waals surface area contributed by atoms with Crippen LogP contribution in [0, 0.1) is 0 Å². The Balaban J connectivity index is 1.53. The van der Waals surface area contributed by atoms with Gasteiger partial charge in [0.05, 0.1) is 17.0 Å². The van der Waals surface area contributed by atoms with E-state index in [4.69, 9.17) is 4.52 Å². The molecule has 2 aromatic carbocycles. The number of nitrogens with one attached hydrogen (secondary N) is 2. The number of pyridine rings is 1. The number of hydrogen-bond donors (Lipinski definition) is 2. The van der Waals surface area contributed by atoms with E-state index in [9.17, 15) is 13.2 Å². The van der Waals surface area contributed by atoms with Crippen LogP contribution in [0.5, 0.6) is 0 Å². The van der Waals surface area contributed by atoms with Gasteiger partial charge in [0, 0.05) is 30.6 Å². The van der Waals surface area contributed by atoms with Gasteiger partial charge in [-0.3, -0.25) is 14.5 Å². The Bertz CT molecular complexity index is 1340. The van der Waals surface area contributed by atoms with E-state index >= 15 is 0 Å². The predicted molar refractivity (Wildman–Crippen MR) is 118 cm³/mol. The van der Waals surface area contributed by atoms with Crippen molar-refractivity contribution in [2.45, 2.75) is 18.2 Å². The lowest BCUT2D eigenvalue weighted by Crippen LogP contribution is -2.14. The van der Waals surface area contributed by atoms with Gasteiger partial charge < -0.3 is 9.84 Å². The maximum Gasteiger partial charge on any atom is 0.261 e. The molecule has 2 aromatic heterocycles. The maximum atomic E-state index is 12.9. The average molecular weight is 449 g/mol. The molecular weight excluding hydrogens is 430 g/mol. The highest BCUT2D eigenvalue weighted by Gasteiger charge is 2.18. The molecule has 1 amide bonds. The lowest BCUT2D eigenvalue weighted by molar-refractivity contribution is -0.114. The molecule has 0 aliphatic rings. The zero-order chi connectivity index (χ0) is 22.6. The molecule has 2 heterocycles. The Morgan fingerprint density at radius 3 is 2.44 bits per heavy atom. The van der Waals surface area contributed by atoms with Gasteiger partial charge in [-0.2, -0.15) is 4.98 Å². The second-order valence-corrected chi connectivity index (χ2v) is 8.58. The summed E-state index contributed by atoms with van der Waals surface area (Å²) < 4.78 is 33.7. The van der Waals surface area contributed by atoms with Gasteiger partial charge in [0.15, 0.2) is 0 Å². The Hall–Kier alpha value is -4.05. The molecule has 4 rings (SSSR count). The second kappa shape index (κ2) is 8.98. The zero-order valence-corrected chi connectivity index (χ0v) is 17.8. The third-order valence-electron chi connectivity index (χ3n) is 4.49. The molecule has 32 heavy (non-hydrogen) atoms. The summed E-state index contributed by atoms with van der Waals surface area (Å²) in [6, 6.07) is 16.4. The van der Waals surface area contributed by atoms with Gasteiger partial charge >= 0.3 is 0 Å². The van der Waals surface area contributed by atoms with E-state index in [0.717, 1.165) is 5.56 Å². The number of nitrogens with zero attached hydrogens (tertiary/aromatic N) is 3. The average Bonchev–Trinajstić information content (AvgIpc) is 3.24. The monoisotopic (exact) mass is 449 g/mol. The highest BCUT2D eigenvalue weighted by atomic mass is 32.2. The number of rotatable bonds is 7. The summed E-state index contributed by atoms with van der Waals surface area (Å²) in [5.74, 6) is 0.545. The first kappa shape index (κ1) is 21.2. The maximum absolute atomic E-state index is 12.9. The van der Waals surface area contributed by atoms with Gasteiger partial charge in [0.2, 0.25) is 17.6 Å². The summed E-state index contributed by atoms with van der Waals surface area (Å²) in [7, 11) is -3.85. The van der Waals surface area contributed by atoms with E-state index in [1.54, 1.807) is 48.8 Å². The number of carbonyl (C=O) groups excluding carboxylic acids is 1. The van der Waals surface area contributed by atoms with Crippen molar-refractivity contribution in [3.8, 4) is 11.4 Å². The number of para-hydroxylation sites is 1. The highest BCUT2D eigenvalue weighted by molar-refractivity contribution is 7.92. The molecular formula is C22H19N5O4S. The standard InChI is InChI=1S/C22H19N5O4S/c1-15(28)24-18-6-8-19(9-7-18)32(29,30)27-20-5-3-2-4-17(20)14-21-25-22(26-31-21)16-10-12-23-13-11-16/h2-13,27H,14H2,1H3,(H,24,28). The van der Waals surface area contributed by atoms with Crippen molar-refractivity contribution >= 4 is 27.3 Å². The quantitative estimate of drug-likeness (QED) is 0.442. The molecule has 162 valence electrons. The van der Waals surface area contributed by atoms with Crippen molar-refractivity contribution in [3.05, 3.63) is 84.5 Å². The van der Waals surface area contributed by atoms with Crippen LogP contribution in [0.4, 0.5) is 11.4 Å². The van der Waals surface area contributed by atoms with Gasteiger partial charge in [-0.1, -0.05) is 23.4 Å². The Morgan fingerprint density at radius 2 is 1.72 bits per heavy atom. The first-order chi connectivity index (χ1) is 15.4. The van der Waals surface area contributed by atoms with E-state index in [0.29, 0.717) is 28.7 Å². The molecule has 0 aliphatic carbocycles. The number of sulfonamides is 1. The zero-order valence-electron chi connectivity index (χ0n) is 17.0. The Kier molecular flexibility index (Phi) is 5.95. The van der Waals surface area contributed by atoms with Crippen LogP contribution >= 0.6 is 0 Å². The molecule has 0 saturated carbocycles. The smallest absolute Gasteiger partial charge is 0.261 e. The van der Waals surface area contributed by atoms with Gasteiger partial charge in [0.25, 0.3) is 10.0 Å². The van der Waals surface area contributed by atoms with Crippen molar-refractivity contribution in [2.24, 2.45) is 0 Å². The van der Waals surface area contributed by atoms with E-state index in [1.165, 1.54) is 31.2 Å². The molecule has 9 nitrogen and oxygen atoms in total.